The molecule has 0 fully saturated rings. The Bertz CT molecular complexity index is 580. The number of methoxy groups -OCH3 is 3. The van der Waals surface area contributed by atoms with Crippen molar-refractivity contribution in [1.29, 1.82) is 0 Å². The lowest BCUT2D eigenvalue weighted by Crippen LogP contribution is -2.39. The van der Waals surface area contributed by atoms with E-state index in [1.54, 1.807) is 26.3 Å². The molecule has 8 heteroatoms. The summed E-state index contributed by atoms with van der Waals surface area (Å²) in [7, 11) is 6.24. The van der Waals surface area contributed by atoms with Gasteiger partial charge in [-0.05, 0) is 41.1 Å². The molecule has 0 unspecified atom stereocenters. The number of halogens is 1. The van der Waals surface area contributed by atoms with Crippen LogP contribution < -0.4 is 14.8 Å². The molecule has 0 bridgehead atoms. The Morgan fingerprint density at radius 1 is 1.17 bits per heavy atom. The van der Waals surface area contributed by atoms with E-state index in [0.29, 0.717) is 30.2 Å². The maximum atomic E-state index is 12.6. The van der Waals surface area contributed by atoms with Crippen molar-refractivity contribution in [1.82, 2.24) is 10.2 Å². The average Bonchev–Trinajstić information content (AvgIpc) is 2.57. The van der Waals surface area contributed by atoms with E-state index in [1.165, 1.54) is 19.1 Å². The normalized spacial score (nSPS) is 10.2. The van der Waals surface area contributed by atoms with E-state index in [2.05, 4.69) is 27.9 Å². The fourth-order valence-electron chi connectivity index (χ4n) is 2.01. The maximum Gasteiger partial charge on any atom is 0.255 e. The topological polar surface area (TPSA) is 77.1 Å². The van der Waals surface area contributed by atoms with E-state index in [-0.39, 0.29) is 18.4 Å². The fourth-order valence-corrected chi connectivity index (χ4v) is 2.68. The van der Waals surface area contributed by atoms with E-state index in [4.69, 9.17) is 14.2 Å². The van der Waals surface area contributed by atoms with Crippen LogP contribution in [0.1, 0.15) is 16.8 Å². The number of nitrogens with one attached hydrogen (secondary N) is 1. The predicted molar refractivity (Wildman–Crippen MR) is 98.7 cm³/mol. The number of hydrogen-bond acceptors (Lipinski definition) is 5. The Morgan fingerprint density at radius 2 is 1.79 bits per heavy atom. The largest absolute Gasteiger partial charge is 0.493 e. The first-order valence-electron chi connectivity index (χ1n) is 7.37. The lowest BCUT2D eigenvalue weighted by atomic mass is 10.1. The van der Waals surface area contributed by atoms with Gasteiger partial charge in [0, 0.05) is 30.9 Å². The van der Waals surface area contributed by atoms with E-state index in [9.17, 15) is 9.59 Å². The van der Waals surface area contributed by atoms with E-state index in [1.807, 2.05) is 0 Å². The number of carbonyl (C=O) groups is 2. The van der Waals surface area contributed by atoms with Gasteiger partial charge in [0.25, 0.3) is 5.91 Å². The second-order valence-corrected chi connectivity index (χ2v) is 6.21. The summed E-state index contributed by atoms with van der Waals surface area (Å²) >= 11 is 2.06. The molecule has 0 radical (unpaired) electrons. The van der Waals surface area contributed by atoms with Gasteiger partial charge in [-0.25, -0.2) is 0 Å². The molecule has 0 aliphatic heterocycles. The SMILES string of the molecule is COCCCNC(=O)CN(C)C(=O)c1cc(OC)c(OC)cc1I. The Kier molecular flexibility index (Phi) is 8.83. The quantitative estimate of drug-likeness (QED) is 0.456. The zero-order chi connectivity index (χ0) is 18.1. The number of hydrogen-bond donors (Lipinski definition) is 1. The number of rotatable bonds is 9. The van der Waals surface area contributed by atoms with Crippen LogP contribution in [0.2, 0.25) is 0 Å². The molecular weight excluding hydrogens is 427 g/mol. The minimum atomic E-state index is -0.257. The highest BCUT2D eigenvalue weighted by Crippen LogP contribution is 2.31. The lowest BCUT2D eigenvalue weighted by molar-refractivity contribution is -0.121. The first-order chi connectivity index (χ1) is 11.4. The van der Waals surface area contributed by atoms with E-state index < -0.39 is 0 Å². The van der Waals surface area contributed by atoms with Gasteiger partial charge < -0.3 is 24.4 Å². The summed E-state index contributed by atoms with van der Waals surface area (Å²) in [5, 5.41) is 2.75. The first-order valence-corrected chi connectivity index (χ1v) is 8.45. The number of likely N-dealkylation sites (N-methyl/N-ethyl adjacent to an activating group) is 1. The summed E-state index contributed by atoms with van der Waals surface area (Å²) in [5.41, 5.74) is 0.461. The molecule has 0 atom stereocenters. The molecule has 0 aliphatic carbocycles. The summed E-state index contributed by atoms with van der Waals surface area (Å²) in [6, 6.07) is 3.35. The van der Waals surface area contributed by atoms with Crippen molar-refractivity contribution in [2.75, 3.05) is 48.1 Å². The molecule has 0 saturated heterocycles. The van der Waals surface area contributed by atoms with Crippen molar-refractivity contribution in [2.45, 2.75) is 6.42 Å². The molecule has 0 aromatic heterocycles. The summed E-state index contributed by atoms with van der Waals surface area (Å²) in [5.74, 6) is 0.556. The summed E-state index contributed by atoms with van der Waals surface area (Å²) in [6.07, 6.45) is 0.730. The third kappa shape index (κ3) is 5.82. The van der Waals surface area contributed by atoms with Crippen LogP contribution in [0, 0.1) is 3.57 Å². The Morgan fingerprint density at radius 3 is 2.38 bits per heavy atom. The predicted octanol–water partition coefficient (Wildman–Crippen LogP) is 1.53. The molecule has 2 amide bonds. The van der Waals surface area contributed by atoms with Crippen molar-refractivity contribution in [2.24, 2.45) is 0 Å². The molecule has 0 spiro atoms. The standard InChI is InChI=1S/C16H23IN2O5/c1-19(10-15(20)18-6-5-7-22-2)16(21)11-8-13(23-3)14(24-4)9-12(11)17/h8-9H,5-7,10H2,1-4H3,(H,18,20). The van der Waals surface area contributed by atoms with Crippen LogP contribution in [0.15, 0.2) is 12.1 Å². The number of amides is 2. The van der Waals surface area contributed by atoms with Gasteiger partial charge in [-0.3, -0.25) is 9.59 Å². The highest BCUT2D eigenvalue weighted by molar-refractivity contribution is 14.1. The van der Waals surface area contributed by atoms with Crippen molar-refractivity contribution < 1.29 is 23.8 Å². The molecule has 0 saturated carbocycles. The molecule has 1 N–H and O–H groups in total. The van der Waals surface area contributed by atoms with Crippen LogP contribution in [0.3, 0.4) is 0 Å². The van der Waals surface area contributed by atoms with Gasteiger partial charge in [0.05, 0.1) is 26.3 Å². The number of benzene rings is 1. The molecule has 1 aromatic rings. The molecule has 1 aromatic carbocycles. The van der Waals surface area contributed by atoms with E-state index in [0.717, 1.165) is 9.99 Å². The first kappa shape index (κ1) is 20.5. The van der Waals surface area contributed by atoms with Crippen LogP contribution in [0.25, 0.3) is 0 Å². The van der Waals surface area contributed by atoms with Crippen molar-refractivity contribution in [3.63, 3.8) is 0 Å². The molecular formula is C16H23IN2O5. The number of nitrogens with zero attached hydrogens (tertiary/aromatic N) is 1. The molecule has 0 aliphatic rings. The molecule has 134 valence electrons. The third-order valence-electron chi connectivity index (χ3n) is 3.28. The van der Waals surface area contributed by atoms with Gasteiger partial charge in [0.2, 0.25) is 5.91 Å². The highest BCUT2D eigenvalue weighted by Gasteiger charge is 2.20. The summed E-state index contributed by atoms with van der Waals surface area (Å²) in [6.45, 7) is 1.08. The van der Waals surface area contributed by atoms with Crippen LogP contribution in [-0.2, 0) is 9.53 Å². The van der Waals surface area contributed by atoms with Gasteiger partial charge in [-0.2, -0.15) is 0 Å². The minimum Gasteiger partial charge on any atom is -0.493 e. The maximum absolute atomic E-state index is 12.6. The van der Waals surface area contributed by atoms with Crippen molar-refractivity contribution in [3.8, 4) is 11.5 Å². The Hall–Kier alpha value is -1.55. The van der Waals surface area contributed by atoms with Gasteiger partial charge in [-0.15, -0.1) is 0 Å². The Balaban J connectivity index is 2.73. The zero-order valence-electron chi connectivity index (χ0n) is 14.3. The monoisotopic (exact) mass is 450 g/mol. The van der Waals surface area contributed by atoms with Crippen LogP contribution in [0.5, 0.6) is 11.5 Å². The average molecular weight is 450 g/mol. The molecule has 7 nitrogen and oxygen atoms in total. The van der Waals surface area contributed by atoms with Gasteiger partial charge >= 0.3 is 0 Å². The zero-order valence-corrected chi connectivity index (χ0v) is 16.5. The fraction of sp³-hybridized carbons (Fsp3) is 0.500. The second-order valence-electron chi connectivity index (χ2n) is 5.04. The molecule has 0 heterocycles. The third-order valence-corrected chi connectivity index (χ3v) is 4.17. The summed E-state index contributed by atoms with van der Waals surface area (Å²) in [4.78, 5) is 25.8. The second kappa shape index (κ2) is 10.3. The highest BCUT2D eigenvalue weighted by atomic mass is 127. The van der Waals surface area contributed by atoms with Crippen LogP contribution in [0.4, 0.5) is 0 Å². The summed E-state index contributed by atoms with van der Waals surface area (Å²) < 4.78 is 16.1. The van der Waals surface area contributed by atoms with Crippen LogP contribution in [-0.4, -0.2) is 64.8 Å². The molecule has 24 heavy (non-hydrogen) atoms. The van der Waals surface area contributed by atoms with E-state index >= 15 is 0 Å². The van der Waals surface area contributed by atoms with Gasteiger partial charge in [-0.1, -0.05) is 0 Å². The van der Waals surface area contributed by atoms with Crippen LogP contribution >= 0.6 is 22.6 Å². The number of carbonyl (C=O) groups excluding carboxylic acids is 2. The van der Waals surface area contributed by atoms with Gasteiger partial charge in [0.1, 0.15) is 0 Å². The Labute approximate surface area is 155 Å². The molecule has 1 rings (SSSR count). The van der Waals surface area contributed by atoms with Crippen molar-refractivity contribution in [3.05, 3.63) is 21.3 Å². The number of ether oxygens (including phenoxy) is 3. The minimum absolute atomic E-state index is 0.0176. The van der Waals surface area contributed by atoms with Gasteiger partial charge in [0.15, 0.2) is 11.5 Å². The van der Waals surface area contributed by atoms with Crippen molar-refractivity contribution >= 4 is 34.4 Å². The smallest absolute Gasteiger partial charge is 0.255 e. The lowest BCUT2D eigenvalue weighted by Gasteiger charge is -2.19.